The monoisotopic (exact) mass is 171 g/mol. The summed E-state index contributed by atoms with van der Waals surface area (Å²) in [7, 11) is 1.69. The molecule has 1 unspecified atom stereocenters. The van der Waals surface area contributed by atoms with Crippen LogP contribution < -0.4 is 5.32 Å². The van der Waals surface area contributed by atoms with Gasteiger partial charge in [0.1, 0.15) is 0 Å². The van der Waals surface area contributed by atoms with E-state index in [9.17, 15) is 4.79 Å². The quantitative estimate of drug-likeness (QED) is 0.653. The molecule has 0 aromatic heterocycles. The van der Waals surface area contributed by atoms with Crippen molar-refractivity contribution in [3.05, 3.63) is 0 Å². The highest BCUT2D eigenvalue weighted by Gasteiger charge is 2.04. The molecular formula is C10H21NO. The Bertz CT molecular complexity index is 123. The molecule has 0 heterocycles. The topological polar surface area (TPSA) is 29.1 Å². The molecule has 0 aliphatic heterocycles. The number of carbonyl (C=O) groups excluding carboxylic acids is 1. The third-order valence-electron chi connectivity index (χ3n) is 2.19. The normalized spacial score (nSPS) is 12.6. The van der Waals surface area contributed by atoms with Crippen molar-refractivity contribution < 1.29 is 4.79 Å². The van der Waals surface area contributed by atoms with Gasteiger partial charge in [0.15, 0.2) is 0 Å². The van der Waals surface area contributed by atoms with Crippen LogP contribution in [-0.4, -0.2) is 13.0 Å². The fourth-order valence-electron chi connectivity index (χ4n) is 1.20. The van der Waals surface area contributed by atoms with Gasteiger partial charge in [0, 0.05) is 13.5 Å². The van der Waals surface area contributed by atoms with Crippen LogP contribution in [0.25, 0.3) is 0 Å². The van der Waals surface area contributed by atoms with Crippen LogP contribution in [0.2, 0.25) is 0 Å². The van der Waals surface area contributed by atoms with Crippen LogP contribution in [0.15, 0.2) is 0 Å². The number of unbranched alkanes of at least 4 members (excludes halogenated alkanes) is 1. The summed E-state index contributed by atoms with van der Waals surface area (Å²) < 4.78 is 0. The zero-order valence-electron chi connectivity index (χ0n) is 8.52. The fraction of sp³-hybridized carbons (Fsp3) is 0.900. The smallest absolute Gasteiger partial charge is 0.219 e. The standard InChI is InChI=1S/C10H21NO/c1-4-5-6-9(2)7-8-10(12)11-3/h9H,4-8H2,1-3H3,(H,11,12). The molecule has 1 atom stereocenters. The van der Waals surface area contributed by atoms with Crippen molar-refractivity contribution in [1.82, 2.24) is 5.32 Å². The highest BCUT2D eigenvalue weighted by Crippen LogP contribution is 2.13. The second-order valence-electron chi connectivity index (χ2n) is 3.46. The van der Waals surface area contributed by atoms with Crippen LogP contribution in [0.5, 0.6) is 0 Å². The summed E-state index contributed by atoms with van der Waals surface area (Å²) in [4.78, 5) is 10.9. The van der Waals surface area contributed by atoms with Crippen molar-refractivity contribution in [2.75, 3.05) is 7.05 Å². The van der Waals surface area contributed by atoms with Gasteiger partial charge in [0.2, 0.25) is 5.91 Å². The Morgan fingerprint density at radius 3 is 2.58 bits per heavy atom. The average molecular weight is 171 g/mol. The molecule has 0 radical (unpaired) electrons. The zero-order chi connectivity index (χ0) is 9.40. The minimum Gasteiger partial charge on any atom is -0.359 e. The number of amides is 1. The Morgan fingerprint density at radius 2 is 2.08 bits per heavy atom. The molecule has 0 spiro atoms. The van der Waals surface area contributed by atoms with E-state index in [-0.39, 0.29) is 5.91 Å². The van der Waals surface area contributed by atoms with E-state index in [4.69, 9.17) is 0 Å². The van der Waals surface area contributed by atoms with Crippen LogP contribution >= 0.6 is 0 Å². The molecule has 0 rings (SSSR count). The van der Waals surface area contributed by atoms with Gasteiger partial charge in [-0.3, -0.25) is 4.79 Å². The maximum Gasteiger partial charge on any atom is 0.219 e. The van der Waals surface area contributed by atoms with Gasteiger partial charge in [-0.25, -0.2) is 0 Å². The molecule has 2 nitrogen and oxygen atoms in total. The minimum atomic E-state index is 0.165. The molecule has 0 aromatic carbocycles. The first-order valence-electron chi connectivity index (χ1n) is 4.91. The highest BCUT2D eigenvalue weighted by molar-refractivity contribution is 5.75. The van der Waals surface area contributed by atoms with E-state index < -0.39 is 0 Å². The lowest BCUT2D eigenvalue weighted by Crippen LogP contribution is -2.18. The highest BCUT2D eigenvalue weighted by atomic mass is 16.1. The first kappa shape index (κ1) is 11.5. The van der Waals surface area contributed by atoms with E-state index in [2.05, 4.69) is 19.2 Å². The van der Waals surface area contributed by atoms with E-state index in [1.165, 1.54) is 19.3 Å². The number of carbonyl (C=O) groups is 1. The fourth-order valence-corrected chi connectivity index (χ4v) is 1.20. The van der Waals surface area contributed by atoms with Gasteiger partial charge in [-0.1, -0.05) is 33.1 Å². The van der Waals surface area contributed by atoms with E-state index in [1.54, 1.807) is 7.05 Å². The van der Waals surface area contributed by atoms with E-state index in [1.807, 2.05) is 0 Å². The molecule has 72 valence electrons. The first-order valence-corrected chi connectivity index (χ1v) is 4.91. The Labute approximate surface area is 75.7 Å². The van der Waals surface area contributed by atoms with Crippen LogP contribution in [0.1, 0.15) is 46.0 Å². The Morgan fingerprint density at radius 1 is 1.42 bits per heavy atom. The summed E-state index contributed by atoms with van der Waals surface area (Å²) in [6, 6.07) is 0. The second-order valence-corrected chi connectivity index (χ2v) is 3.46. The predicted octanol–water partition coefficient (Wildman–Crippen LogP) is 2.34. The summed E-state index contributed by atoms with van der Waals surface area (Å²) in [5.74, 6) is 0.862. The summed E-state index contributed by atoms with van der Waals surface area (Å²) in [6.45, 7) is 4.42. The molecule has 0 aliphatic rings. The van der Waals surface area contributed by atoms with E-state index in [0.29, 0.717) is 12.3 Å². The van der Waals surface area contributed by atoms with Gasteiger partial charge >= 0.3 is 0 Å². The molecule has 0 aromatic rings. The lowest BCUT2D eigenvalue weighted by Gasteiger charge is -2.08. The van der Waals surface area contributed by atoms with Gasteiger partial charge in [-0.2, -0.15) is 0 Å². The van der Waals surface area contributed by atoms with Crippen molar-refractivity contribution in [3.63, 3.8) is 0 Å². The number of rotatable bonds is 6. The number of nitrogens with one attached hydrogen (secondary N) is 1. The number of hydrogen-bond donors (Lipinski definition) is 1. The van der Waals surface area contributed by atoms with Crippen LogP contribution in [0.4, 0.5) is 0 Å². The van der Waals surface area contributed by atoms with Crippen molar-refractivity contribution in [2.24, 2.45) is 5.92 Å². The summed E-state index contributed by atoms with van der Waals surface area (Å²) >= 11 is 0. The molecule has 0 saturated carbocycles. The summed E-state index contributed by atoms with van der Waals surface area (Å²) in [5.41, 5.74) is 0. The molecule has 0 bridgehead atoms. The number of hydrogen-bond acceptors (Lipinski definition) is 1. The van der Waals surface area contributed by atoms with Crippen LogP contribution in [0, 0.1) is 5.92 Å². The average Bonchev–Trinajstić information content (AvgIpc) is 2.10. The van der Waals surface area contributed by atoms with E-state index in [0.717, 1.165) is 6.42 Å². The van der Waals surface area contributed by atoms with Gasteiger partial charge < -0.3 is 5.32 Å². The zero-order valence-corrected chi connectivity index (χ0v) is 8.52. The van der Waals surface area contributed by atoms with E-state index >= 15 is 0 Å². The van der Waals surface area contributed by atoms with Gasteiger partial charge in [0.05, 0.1) is 0 Å². The molecule has 0 fully saturated rings. The van der Waals surface area contributed by atoms with Crippen molar-refractivity contribution in [3.8, 4) is 0 Å². The molecule has 1 amide bonds. The van der Waals surface area contributed by atoms with Crippen molar-refractivity contribution >= 4 is 5.91 Å². The van der Waals surface area contributed by atoms with Gasteiger partial charge in [-0.05, 0) is 12.3 Å². The summed E-state index contributed by atoms with van der Waals surface area (Å²) in [6.07, 6.45) is 5.51. The Kier molecular flexibility index (Phi) is 6.82. The molecule has 2 heteroatoms. The maximum atomic E-state index is 10.9. The molecule has 12 heavy (non-hydrogen) atoms. The van der Waals surface area contributed by atoms with Crippen LogP contribution in [-0.2, 0) is 4.79 Å². The van der Waals surface area contributed by atoms with Gasteiger partial charge in [-0.15, -0.1) is 0 Å². The van der Waals surface area contributed by atoms with Crippen LogP contribution in [0.3, 0.4) is 0 Å². The summed E-state index contributed by atoms with van der Waals surface area (Å²) in [5, 5.41) is 2.64. The predicted molar refractivity (Wildman–Crippen MR) is 52.0 cm³/mol. The van der Waals surface area contributed by atoms with Crippen molar-refractivity contribution in [2.45, 2.75) is 46.0 Å². The van der Waals surface area contributed by atoms with Crippen molar-refractivity contribution in [1.29, 1.82) is 0 Å². The first-order chi connectivity index (χ1) is 5.70. The minimum absolute atomic E-state index is 0.165. The largest absolute Gasteiger partial charge is 0.359 e. The maximum absolute atomic E-state index is 10.9. The van der Waals surface area contributed by atoms with Gasteiger partial charge in [0.25, 0.3) is 0 Å². The third-order valence-corrected chi connectivity index (χ3v) is 2.19. The molecule has 1 N–H and O–H groups in total. The third kappa shape index (κ3) is 6.20. The molecule has 0 saturated heterocycles. The molecule has 0 aliphatic carbocycles. The SMILES string of the molecule is CCCCC(C)CCC(=O)NC. The Balaban J connectivity index is 3.30. The Hall–Kier alpha value is -0.530. The second kappa shape index (κ2) is 7.14. The molecular weight excluding hydrogens is 150 g/mol. The lowest BCUT2D eigenvalue weighted by atomic mass is 9.99. The lowest BCUT2D eigenvalue weighted by molar-refractivity contribution is -0.120.